The van der Waals surface area contributed by atoms with E-state index in [4.69, 9.17) is 16.3 Å². The van der Waals surface area contributed by atoms with E-state index in [1.165, 1.54) is 7.05 Å². The number of nitrogens with zero attached hydrogens (tertiary/aromatic N) is 1. The third-order valence-electron chi connectivity index (χ3n) is 2.90. The molecular formula is C13H21N3O2. The van der Waals surface area contributed by atoms with Gasteiger partial charge in [0, 0.05) is 19.5 Å². The summed E-state index contributed by atoms with van der Waals surface area (Å²) >= 11 is 0. The normalized spacial score (nSPS) is 12.1. The molecule has 0 saturated heterocycles. The highest BCUT2D eigenvalue weighted by molar-refractivity contribution is 5.76. The molecule has 100 valence electrons. The molecule has 0 aliphatic rings. The van der Waals surface area contributed by atoms with E-state index in [0.717, 1.165) is 27.4 Å². The van der Waals surface area contributed by atoms with Gasteiger partial charge in [-0.15, -0.1) is 0 Å². The van der Waals surface area contributed by atoms with Crippen molar-refractivity contribution in [3.8, 4) is 5.75 Å². The zero-order valence-electron chi connectivity index (χ0n) is 11.4. The van der Waals surface area contributed by atoms with Gasteiger partial charge in [0.15, 0.2) is 0 Å². The first kappa shape index (κ1) is 14.5. The van der Waals surface area contributed by atoms with Gasteiger partial charge in [-0.25, -0.2) is 5.84 Å². The number of nitrogens with two attached hydrogens (primary N) is 2. The Kier molecular flexibility index (Phi) is 4.69. The lowest BCUT2D eigenvalue weighted by Gasteiger charge is -2.17. The molecular weight excluding hydrogens is 230 g/mol. The van der Waals surface area contributed by atoms with Crippen LogP contribution in [-0.4, -0.2) is 25.1 Å². The van der Waals surface area contributed by atoms with Crippen molar-refractivity contribution >= 4 is 5.91 Å². The molecule has 1 unspecified atom stereocenters. The van der Waals surface area contributed by atoms with Crippen LogP contribution in [0.25, 0.3) is 0 Å². The van der Waals surface area contributed by atoms with Crippen molar-refractivity contribution in [1.29, 1.82) is 0 Å². The molecule has 0 bridgehead atoms. The van der Waals surface area contributed by atoms with Crippen molar-refractivity contribution < 1.29 is 9.53 Å². The van der Waals surface area contributed by atoms with Gasteiger partial charge in [-0.3, -0.25) is 9.80 Å². The quantitative estimate of drug-likeness (QED) is 0.476. The summed E-state index contributed by atoms with van der Waals surface area (Å²) in [5.74, 6) is 6.04. The summed E-state index contributed by atoms with van der Waals surface area (Å²) in [5, 5.41) is 1.06. The molecule has 0 aliphatic carbocycles. The Balaban J connectivity index is 2.94. The van der Waals surface area contributed by atoms with Gasteiger partial charge in [-0.05, 0) is 30.5 Å². The predicted octanol–water partition coefficient (Wildman–Crippen LogP) is 1.03. The number of hydrogen-bond acceptors (Lipinski definition) is 4. The summed E-state index contributed by atoms with van der Waals surface area (Å²) in [6.07, 6.45) is 0.193. The van der Waals surface area contributed by atoms with E-state index in [-0.39, 0.29) is 18.4 Å². The smallest absolute Gasteiger partial charge is 0.238 e. The number of carbonyl (C=O) groups is 1. The minimum Gasteiger partial charge on any atom is -0.496 e. The van der Waals surface area contributed by atoms with E-state index < -0.39 is 0 Å². The van der Waals surface area contributed by atoms with Crippen LogP contribution in [0.4, 0.5) is 0 Å². The SMILES string of the molecule is COc1c(C)cc(C(N)CC(=O)N(C)N)cc1C. The second kappa shape index (κ2) is 5.84. The van der Waals surface area contributed by atoms with E-state index in [2.05, 4.69) is 0 Å². The van der Waals surface area contributed by atoms with Crippen LogP contribution in [0.2, 0.25) is 0 Å². The molecule has 4 N–H and O–H groups in total. The van der Waals surface area contributed by atoms with Crippen LogP contribution in [0.15, 0.2) is 12.1 Å². The van der Waals surface area contributed by atoms with Crippen molar-refractivity contribution in [3.05, 3.63) is 28.8 Å². The molecule has 1 amide bonds. The van der Waals surface area contributed by atoms with Crippen LogP contribution in [-0.2, 0) is 4.79 Å². The van der Waals surface area contributed by atoms with E-state index in [1.54, 1.807) is 7.11 Å². The molecule has 18 heavy (non-hydrogen) atoms. The van der Waals surface area contributed by atoms with Crippen molar-refractivity contribution in [2.75, 3.05) is 14.2 Å². The summed E-state index contributed by atoms with van der Waals surface area (Å²) in [5.41, 5.74) is 8.96. The maximum atomic E-state index is 11.5. The third-order valence-corrected chi connectivity index (χ3v) is 2.90. The number of ether oxygens (including phenoxy) is 1. The van der Waals surface area contributed by atoms with E-state index >= 15 is 0 Å². The van der Waals surface area contributed by atoms with Crippen molar-refractivity contribution in [2.45, 2.75) is 26.3 Å². The molecule has 0 aliphatic heterocycles. The fraction of sp³-hybridized carbons (Fsp3) is 0.462. The number of amides is 1. The van der Waals surface area contributed by atoms with Crippen LogP contribution in [0.5, 0.6) is 5.75 Å². The molecule has 5 nitrogen and oxygen atoms in total. The van der Waals surface area contributed by atoms with E-state index in [9.17, 15) is 4.79 Å². The van der Waals surface area contributed by atoms with E-state index in [1.807, 2.05) is 26.0 Å². The van der Waals surface area contributed by atoms with Gasteiger partial charge >= 0.3 is 0 Å². The van der Waals surface area contributed by atoms with Crippen LogP contribution in [0, 0.1) is 13.8 Å². The van der Waals surface area contributed by atoms with E-state index in [0.29, 0.717) is 0 Å². The average molecular weight is 251 g/mol. The summed E-state index contributed by atoms with van der Waals surface area (Å²) in [7, 11) is 3.15. The van der Waals surface area contributed by atoms with Gasteiger partial charge in [0.1, 0.15) is 5.75 Å². The highest BCUT2D eigenvalue weighted by atomic mass is 16.5. The monoisotopic (exact) mass is 251 g/mol. The number of rotatable bonds is 4. The van der Waals surface area contributed by atoms with Crippen LogP contribution in [0.3, 0.4) is 0 Å². The molecule has 0 fully saturated rings. The second-order valence-corrected chi connectivity index (χ2v) is 4.50. The van der Waals surface area contributed by atoms with Gasteiger partial charge in [0.2, 0.25) is 5.91 Å². The lowest BCUT2D eigenvalue weighted by Crippen LogP contribution is -2.35. The zero-order chi connectivity index (χ0) is 13.9. The molecule has 0 heterocycles. The fourth-order valence-electron chi connectivity index (χ4n) is 1.97. The molecule has 1 aromatic rings. The molecule has 0 spiro atoms. The maximum Gasteiger partial charge on any atom is 0.238 e. The highest BCUT2D eigenvalue weighted by Crippen LogP contribution is 2.27. The van der Waals surface area contributed by atoms with Crippen LogP contribution >= 0.6 is 0 Å². The minimum atomic E-state index is -0.355. The summed E-state index contributed by atoms with van der Waals surface area (Å²) in [6.45, 7) is 3.91. The zero-order valence-corrected chi connectivity index (χ0v) is 11.4. The van der Waals surface area contributed by atoms with Gasteiger partial charge in [-0.2, -0.15) is 0 Å². The Labute approximate surface area is 108 Å². The highest BCUT2D eigenvalue weighted by Gasteiger charge is 2.15. The molecule has 0 saturated carbocycles. The van der Waals surface area contributed by atoms with Crippen molar-refractivity contribution in [3.63, 3.8) is 0 Å². The molecule has 1 aromatic carbocycles. The summed E-state index contributed by atoms with van der Waals surface area (Å²) < 4.78 is 5.29. The third kappa shape index (κ3) is 3.21. The number of benzene rings is 1. The lowest BCUT2D eigenvalue weighted by atomic mass is 9.98. The van der Waals surface area contributed by atoms with Gasteiger partial charge in [0.25, 0.3) is 0 Å². The van der Waals surface area contributed by atoms with Crippen LogP contribution < -0.4 is 16.3 Å². The van der Waals surface area contributed by atoms with Gasteiger partial charge in [-0.1, -0.05) is 12.1 Å². The summed E-state index contributed by atoms with van der Waals surface area (Å²) in [6, 6.07) is 3.53. The van der Waals surface area contributed by atoms with Crippen LogP contribution in [0.1, 0.15) is 29.2 Å². The topological polar surface area (TPSA) is 81.6 Å². The molecule has 1 atom stereocenters. The minimum absolute atomic E-state index is 0.186. The van der Waals surface area contributed by atoms with Gasteiger partial charge < -0.3 is 10.5 Å². The average Bonchev–Trinajstić information content (AvgIpc) is 2.28. The van der Waals surface area contributed by atoms with Crippen molar-refractivity contribution in [1.82, 2.24) is 5.01 Å². The number of hydrogen-bond donors (Lipinski definition) is 2. The molecule has 1 rings (SSSR count). The van der Waals surface area contributed by atoms with Gasteiger partial charge in [0.05, 0.1) is 7.11 Å². The maximum absolute atomic E-state index is 11.5. The Morgan fingerprint density at radius 2 is 1.89 bits per heavy atom. The molecule has 0 radical (unpaired) electrons. The Morgan fingerprint density at radius 1 is 1.39 bits per heavy atom. The fourth-order valence-corrected chi connectivity index (χ4v) is 1.97. The number of carbonyl (C=O) groups excluding carboxylic acids is 1. The standard InChI is InChI=1S/C13H21N3O2/c1-8-5-10(6-9(2)13(8)18-4)11(14)7-12(17)16(3)15/h5-6,11H,7,14-15H2,1-4H3. The lowest BCUT2D eigenvalue weighted by molar-refractivity contribution is -0.130. The predicted molar refractivity (Wildman–Crippen MR) is 71.0 cm³/mol. The molecule has 0 aromatic heterocycles. The number of aryl methyl sites for hydroxylation is 2. The first-order valence-electron chi connectivity index (χ1n) is 5.78. The summed E-state index contributed by atoms with van der Waals surface area (Å²) in [4.78, 5) is 11.5. The number of methoxy groups -OCH3 is 1. The first-order valence-corrected chi connectivity index (χ1v) is 5.78. The first-order chi connectivity index (χ1) is 8.36. The second-order valence-electron chi connectivity index (χ2n) is 4.50. The largest absolute Gasteiger partial charge is 0.496 e. The number of hydrazine groups is 1. The Morgan fingerprint density at radius 3 is 2.28 bits per heavy atom. The van der Waals surface area contributed by atoms with Crippen molar-refractivity contribution in [2.24, 2.45) is 11.6 Å². The Bertz CT molecular complexity index is 421. The molecule has 5 heteroatoms. The Hall–Kier alpha value is -1.59.